The lowest BCUT2D eigenvalue weighted by Gasteiger charge is -2.34. The van der Waals surface area contributed by atoms with Crippen molar-refractivity contribution in [3.63, 3.8) is 0 Å². The molecular formula is C16H16Br2N4O2. The lowest BCUT2D eigenvalue weighted by atomic mass is 10.3. The number of ether oxygens (including phenoxy) is 1. The molecule has 6 nitrogen and oxygen atoms in total. The first-order valence-electron chi connectivity index (χ1n) is 7.51. The summed E-state index contributed by atoms with van der Waals surface area (Å²) >= 11 is 6.81. The van der Waals surface area contributed by atoms with Crippen LogP contribution in [0, 0.1) is 0 Å². The van der Waals surface area contributed by atoms with E-state index in [4.69, 9.17) is 4.74 Å². The van der Waals surface area contributed by atoms with E-state index < -0.39 is 0 Å². The molecule has 0 radical (unpaired) electrons. The summed E-state index contributed by atoms with van der Waals surface area (Å²) in [6, 6.07) is 7.38. The number of amides is 1. The Hall–Kier alpha value is -1.67. The van der Waals surface area contributed by atoms with Crippen LogP contribution in [0.2, 0.25) is 0 Å². The third-order valence-corrected chi connectivity index (χ3v) is 4.83. The minimum atomic E-state index is -0.0153. The van der Waals surface area contributed by atoms with Crippen LogP contribution in [0.5, 0.6) is 5.75 Å². The van der Waals surface area contributed by atoms with Gasteiger partial charge in [-0.15, -0.1) is 0 Å². The molecule has 0 atom stereocenters. The highest BCUT2D eigenvalue weighted by Gasteiger charge is 2.22. The Bertz CT molecular complexity index is 706. The van der Waals surface area contributed by atoms with Crippen LogP contribution in [0.25, 0.3) is 0 Å². The van der Waals surface area contributed by atoms with Crippen molar-refractivity contribution in [3.8, 4) is 5.75 Å². The molecule has 3 rings (SSSR count). The van der Waals surface area contributed by atoms with Gasteiger partial charge in [0.25, 0.3) is 5.91 Å². The van der Waals surface area contributed by atoms with E-state index in [-0.39, 0.29) is 12.5 Å². The summed E-state index contributed by atoms with van der Waals surface area (Å²) in [5.74, 6) is 1.35. The van der Waals surface area contributed by atoms with Crippen LogP contribution >= 0.6 is 31.9 Å². The zero-order valence-electron chi connectivity index (χ0n) is 12.9. The Labute approximate surface area is 157 Å². The van der Waals surface area contributed by atoms with Gasteiger partial charge in [-0.25, -0.2) is 9.97 Å². The van der Waals surface area contributed by atoms with Gasteiger partial charge in [0.15, 0.2) is 6.61 Å². The van der Waals surface area contributed by atoms with Crippen LogP contribution in [-0.2, 0) is 4.79 Å². The van der Waals surface area contributed by atoms with E-state index in [1.807, 2.05) is 23.1 Å². The number of hydrogen-bond acceptors (Lipinski definition) is 5. The van der Waals surface area contributed by atoms with Gasteiger partial charge in [-0.05, 0) is 40.2 Å². The molecule has 126 valence electrons. The van der Waals surface area contributed by atoms with E-state index in [2.05, 4.69) is 46.7 Å². The maximum absolute atomic E-state index is 12.3. The minimum Gasteiger partial charge on any atom is -0.483 e. The van der Waals surface area contributed by atoms with E-state index in [0.717, 1.165) is 22.0 Å². The number of hydrogen-bond donors (Lipinski definition) is 0. The molecule has 0 spiro atoms. The molecule has 2 aromatic rings. The average molecular weight is 456 g/mol. The highest BCUT2D eigenvalue weighted by atomic mass is 79.9. The van der Waals surface area contributed by atoms with Gasteiger partial charge >= 0.3 is 0 Å². The summed E-state index contributed by atoms with van der Waals surface area (Å²) in [5, 5.41) is 0. The number of benzene rings is 1. The molecular weight excluding hydrogens is 440 g/mol. The van der Waals surface area contributed by atoms with Crippen LogP contribution in [-0.4, -0.2) is 53.6 Å². The predicted molar refractivity (Wildman–Crippen MR) is 98.2 cm³/mol. The number of aromatic nitrogens is 2. The summed E-state index contributed by atoms with van der Waals surface area (Å²) in [6.45, 7) is 2.75. The van der Waals surface area contributed by atoms with Crippen molar-refractivity contribution in [1.29, 1.82) is 0 Å². The Morgan fingerprint density at radius 3 is 2.50 bits per heavy atom. The standard InChI is InChI=1S/C16H16Br2N4O2/c17-12-2-3-14(13(18)10-12)24-11-15(23)21-6-8-22(9-7-21)16-19-4-1-5-20-16/h1-5,10H,6-9,11H2. The van der Waals surface area contributed by atoms with Crippen LogP contribution in [0.15, 0.2) is 45.6 Å². The van der Waals surface area contributed by atoms with E-state index in [1.54, 1.807) is 18.5 Å². The number of carbonyl (C=O) groups excluding carboxylic acids is 1. The van der Waals surface area contributed by atoms with Crippen molar-refractivity contribution in [2.75, 3.05) is 37.7 Å². The van der Waals surface area contributed by atoms with Gasteiger partial charge in [-0.3, -0.25) is 4.79 Å². The summed E-state index contributed by atoms with van der Waals surface area (Å²) < 4.78 is 7.39. The first kappa shape index (κ1) is 17.2. The molecule has 1 amide bonds. The van der Waals surface area contributed by atoms with E-state index >= 15 is 0 Å². The number of rotatable bonds is 4. The first-order valence-corrected chi connectivity index (χ1v) is 9.09. The van der Waals surface area contributed by atoms with Crippen molar-refractivity contribution in [2.24, 2.45) is 0 Å². The molecule has 1 aliphatic heterocycles. The van der Waals surface area contributed by atoms with Crippen LogP contribution < -0.4 is 9.64 Å². The smallest absolute Gasteiger partial charge is 0.260 e. The number of nitrogens with zero attached hydrogens (tertiary/aromatic N) is 4. The van der Waals surface area contributed by atoms with E-state index in [9.17, 15) is 4.79 Å². The highest BCUT2D eigenvalue weighted by molar-refractivity contribution is 9.11. The lowest BCUT2D eigenvalue weighted by Crippen LogP contribution is -2.50. The van der Waals surface area contributed by atoms with Gasteiger partial charge < -0.3 is 14.5 Å². The molecule has 1 aromatic heterocycles. The largest absolute Gasteiger partial charge is 0.483 e. The molecule has 0 aliphatic carbocycles. The maximum atomic E-state index is 12.3. The van der Waals surface area contributed by atoms with Crippen molar-refractivity contribution in [2.45, 2.75) is 0 Å². The van der Waals surface area contributed by atoms with Gasteiger partial charge in [0, 0.05) is 43.0 Å². The van der Waals surface area contributed by atoms with Crippen LogP contribution in [0.4, 0.5) is 5.95 Å². The quantitative estimate of drug-likeness (QED) is 0.709. The second-order valence-corrected chi connectivity index (χ2v) is 7.05. The Balaban J connectivity index is 1.50. The Kier molecular flexibility index (Phi) is 5.68. The number of anilines is 1. The summed E-state index contributed by atoms with van der Waals surface area (Å²) in [5.41, 5.74) is 0. The molecule has 1 aromatic carbocycles. The average Bonchev–Trinajstić information content (AvgIpc) is 2.62. The normalized spacial score (nSPS) is 14.6. The Morgan fingerprint density at radius 1 is 1.12 bits per heavy atom. The van der Waals surface area contributed by atoms with Crippen molar-refractivity contribution >= 4 is 43.7 Å². The maximum Gasteiger partial charge on any atom is 0.260 e. The van der Waals surface area contributed by atoms with E-state index in [1.165, 1.54) is 0 Å². The number of piperazine rings is 1. The zero-order valence-corrected chi connectivity index (χ0v) is 16.0. The molecule has 2 heterocycles. The molecule has 1 fully saturated rings. The second-order valence-electron chi connectivity index (χ2n) is 5.28. The van der Waals surface area contributed by atoms with Gasteiger partial charge in [0.2, 0.25) is 5.95 Å². The molecule has 0 bridgehead atoms. The fourth-order valence-corrected chi connectivity index (χ4v) is 3.59. The molecule has 0 unspecified atom stereocenters. The minimum absolute atomic E-state index is 0.0153. The topological polar surface area (TPSA) is 58.6 Å². The lowest BCUT2D eigenvalue weighted by molar-refractivity contribution is -0.133. The zero-order chi connectivity index (χ0) is 16.9. The molecule has 1 aliphatic rings. The van der Waals surface area contributed by atoms with E-state index in [0.29, 0.717) is 24.8 Å². The third-order valence-electron chi connectivity index (χ3n) is 3.71. The first-order chi connectivity index (χ1) is 11.6. The summed E-state index contributed by atoms with van der Waals surface area (Å²) in [7, 11) is 0. The number of halogens is 2. The fourth-order valence-electron chi connectivity index (χ4n) is 2.43. The van der Waals surface area contributed by atoms with Gasteiger partial charge in [0.05, 0.1) is 4.47 Å². The van der Waals surface area contributed by atoms with Crippen molar-refractivity contribution in [1.82, 2.24) is 14.9 Å². The predicted octanol–water partition coefficient (Wildman–Crippen LogP) is 2.73. The fraction of sp³-hybridized carbons (Fsp3) is 0.312. The molecule has 0 saturated carbocycles. The highest BCUT2D eigenvalue weighted by Crippen LogP contribution is 2.28. The second kappa shape index (κ2) is 7.94. The molecule has 0 N–H and O–H groups in total. The summed E-state index contributed by atoms with van der Waals surface area (Å²) in [4.78, 5) is 24.7. The van der Waals surface area contributed by atoms with Crippen molar-refractivity contribution < 1.29 is 9.53 Å². The van der Waals surface area contributed by atoms with Crippen LogP contribution in [0.3, 0.4) is 0 Å². The van der Waals surface area contributed by atoms with Gasteiger partial charge in [0.1, 0.15) is 5.75 Å². The molecule has 24 heavy (non-hydrogen) atoms. The molecule has 8 heteroatoms. The third kappa shape index (κ3) is 4.24. The van der Waals surface area contributed by atoms with Gasteiger partial charge in [-0.1, -0.05) is 15.9 Å². The van der Waals surface area contributed by atoms with Crippen molar-refractivity contribution in [3.05, 3.63) is 45.6 Å². The molecule has 1 saturated heterocycles. The number of carbonyl (C=O) groups is 1. The summed E-state index contributed by atoms with van der Waals surface area (Å²) in [6.07, 6.45) is 3.45. The van der Waals surface area contributed by atoms with Crippen LogP contribution in [0.1, 0.15) is 0 Å². The van der Waals surface area contributed by atoms with Gasteiger partial charge in [-0.2, -0.15) is 0 Å². The Morgan fingerprint density at radius 2 is 1.83 bits per heavy atom. The monoisotopic (exact) mass is 454 g/mol. The SMILES string of the molecule is O=C(COc1ccc(Br)cc1Br)N1CCN(c2ncccn2)CC1.